The van der Waals surface area contributed by atoms with Crippen molar-refractivity contribution in [1.82, 2.24) is 15.5 Å². The summed E-state index contributed by atoms with van der Waals surface area (Å²) < 4.78 is 5.15. The molecule has 7 heteroatoms. The Bertz CT molecular complexity index is 548. The number of carbonyl (C=O) groups excluding carboxylic acids is 1. The number of benzene rings is 1. The van der Waals surface area contributed by atoms with Crippen LogP contribution in [0, 0.1) is 0 Å². The summed E-state index contributed by atoms with van der Waals surface area (Å²) in [6.07, 6.45) is 1.52. The molecule has 134 valence electrons. The van der Waals surface area contributed by atoms with Crippen LogP contribution in [0.3, 0.4) is 0 Å². The molecule has 0 radical (unpaired) electrons. The zero-order valence-corrected chi connectivity index (χ0v) is 16.9. The van der Waals surface area contributed by atoms with E-state index in [9.17, 15) is 4.79 Å². The molecule has 0 bridgehead atoms. The molecule has 0 saturated carbocycles. The zero-order chi connectivity index (χ0) is 16.7. The number of nitrogens with zero attached hydrogens (tertiary/aromatic N) is 2. The summed E-state index contributed by atoms with van der Waals surface area (Å²) in [4.78, 5) is 17.9. The second-order valence-electron chi connectivity index (χ2n) is 5.60. The molecule has 1 heterocycles. The van der Waals surface area contributed by atoms with Crippen LogP contribution >= 0.6 is 24.0 Å². The molecule has 24 heavy (non-hydrogen) atoms. The molecule has 0 spiro atoms. The number of hydrogen-bond donors (Lipinski definition) is 2. The fourth-order valence-corrected chi connectivity index (χ4v) is 2.65. The van der Waals surface area contributed by atoms with Crippen molar-refractivity contribution in [2.45, 2.75) is 32.4 Å². The number of likely N-dealkylation sites (tertiary alicyclic amines) is 1. The lowest BCUT2D eigenvalue weighted by molar-refractivity contribution is -0.129. The van der Waals surface area contributed by atoms with Gasteiger partial charge in [-0.05, 0) is 24.1 Å². The molecule has 1 aromatic rings. The van der Waals surface area contributed by atoms with E-state index in [-0.39, 0.29) is 35.9 Å². The third-order valence-corrected chi connectivity index (χ3v) is 4.03. The number of amides is 1. The van der Waals surface area contributed by atoms with Crippen molar-refractivity contribution in [2.75, 3.05) is 27.2 Å². The number of guanidine groups is 1. The van der Waals surface area contributed by atoms with Crippen molar-refractivity contribution in [1.29, 1.82) is 0 Å². The van der Waals surface area contributed by atoms with Crippen LogP contribution in [0.25, 0.3) is 0 Å². The maximum atomic E-state index is 11.7. The smallest absolute Gasteiger partial charge is 0.222 e. The molecule has 1 fully saturated rings. The highest BCUT2D eigenvalue weighted by Crippen LogP contribution is 2.12. The van der Waals surface area contributed by atoms with Gasteiger partial charge in [-0.15, -0.1) is 24.0 Å². The number of methoxy groups -OCH3 is 1. The van der Waals surface area contributed by atoms with E-state index >= 15 is 0 Å². The number of ether oxygens (including phenoxy) is 1. The van der Waals surface area contributed by atoms with E-state index in [1.165, 1.54) is 0 Å². The SMILES string of the molecule is CCC(=O)N1CCC(NC(=NC)NCc2ccc(OC)cc2)C1.I. The van der Waals surface area contributed by atoms with Gasteiger partial charge < -0.3 is 20.3 Å². The van der Waals surface area contributed by atoms with Gasteiger partial charge in [-0.25, -0.2) is 0 Å². The second kappa shape index (κ2) is 10.4. The van der Waals surface area contributed by atoms with Crippen molar-refractivity contribution in [3.8, 4) is 5.75 Å². The molecular weight excluding hydrogens is 419 g/mol. The van der Waals surface area contributed by atoms with Gasteiger partial charge in [-0.2, -0.15) is 0 Å². The minimum atomic E-state index is 0. The molecular formula is C17H27IN4O2. The van der Waals surface area contributed by atoms with E-state index < -0.39 is 0 Å². The molecule has 0 aromatic heterocycles. The molecule has 2 N–H and O–H groups in total. The highest BCUT2D eigenvalue weighted by Gasteiger charge is 2.25. The first-order valence-corrected chi connectivity index (χ1v) is 8.04. The van der Waals surface area contributed by atoms with Gasteiger partial charge in [0.2, 0.25) is 5.91 Å². The number of rotatable bonds is 5. The normalized spacial score (nSPS) is 17.2. The molecule has 1 amide bonds. The molecule has 1 aliphatic rings. The van der Waals surface area contributed by atoms with Crippen LogP contribution < -0.4 is 15.4 Å². The van der Waals surface area contributed by atoms with E-state index in [0.717, 1.165) is 36.8 Å². The topological polar surface area (TPSA) is 66.0 Å². The van der Waals surface area contributed by atoms with Gasteiger partial charge in [-0.1, -0.05) is 19.1 Å². The summed E-state index contributed by atoms with van der Waals surface area (Å²) >= 11 is 0. The van der Waals surface area contributed by atoms with Crippen LogP contribution in [0.1, 0.15) is 25.3 Å². The van der Waals surface area contributed by atoms with E-state index in [4.69, 9.17) is 4.74 Å². The quantitative estimate of drug-likeness (QED) is 0.413. The van der Waals surface area contributed by atoms with Crippen LogP contribution in [0.4, 0.5) is 0 Å². The standard InChI is InChI=1S/C17H26N4O2.HI/c1-4-16(22)21-10-9-14(12-21)20-17(18-2)19-11-13-5-7-15(23-3)8-6-13;/h5-8,14H,4,9-12H2,1-3H3,(H2,18,19,20);1H. The monoisotopic (exact) mass is 446 g/mol. The van der Waals surface area contributed by atoms with E-state index in [1.54, 1.807) is 14.2 Å². The van der Waals surface area contributed by atoms with Gasteiger partial charge in [-0.3, -0.25) is 9.79 Å². The average molecular weight is 446 g/mol. The summed E-state index contributed by atoms with van der Waals surface area (Å²) in [6.45, 7) is 4.15. The van der Waals surface area contributed by atoms with Crippen molar-refractivity contribution in [3.05, 3.63) is 29.8 Å². The summed E-state index contributed by atoms with van der Waals surface area (Å²) in [5.41, 5.74) is 1.16. The van der Waals surface area contributed by atoms with Crippen LogP contribution in [0.5, 0.6) is 5.75 Å². The van der Waals surface area contributed by atoms with Crippen LogP contribution in [0.2, 0.25) is 0 Å². The Balaban J connectivity index is 0.00000288. The van der Waals surface area contributed by atoms with Crippen molar-refractivity contribution in [2.24, 2.45) is 4.99 Å². The first-order valence-electron chi connectivity index (χ1n) is 8.04. The summed E-state index contributed by atoms with van der Waals surface area (Å²) in [5.74, 6) is 1.83. The lowest BCUT2D eigenvalue weighted by atomic mass is 10.2. The van der Waals surface area contributed by atoms with E-state index in [2.05, 4.69) is 15.6 Å². The largest absolute Gasteiger partial charge is 0.497 e. The van der Waals surface area contributed by atoms with Crippen LogP contribution in [-0.2, 0) is 11.3 Å². The van der Waals surface area contributed by atoms with Gasteiger partial charge in [0.05, 0.1) is 7.11 Å². The number of nitrogens with one attached hydrogen (secondary N) is 2. The summed E-state index contributed by atoms with van der Waals surface area (Å²) in [7, 11) is 3.42. The maximum absolute atomic E-state index is 11.7. The molecule has 0 aliphatic carbocycles. The van der Waals surface area contributed by atoms with E-state index in [1.807, 2.05) is 36.1 Å². The number of halogens is 1. The molecule has 6 nitrogen and oxygen atoms in total. The lowest BCUT2D eigenvalue weighted by Gasteiger charge is -2.18. The second-order valence-corrected chi connectivity index (χ2v) is 5.60. The van der Waals surface area contributed by atoms with Crippen molar-refractivity contribution >= 4 is 35.8 Å². The average Bonchev–Trinajstić information content (AvgIpc) is 3.06. The zero-order valence-electron chi connectivity index (χ0n) is 14.5. The van der Waals surface area contributed by atoms with Crippen LogP contribution in [-0.4, -0.2) is 50.1 Å². The lowest BCUT2D eigenvalue weighted by Crippen LogP contribution is -2.44. The maximum Gasteiger partial charge on any atom is 0.222 e. The Morgan fingerprint density at radius 2 is 2.08 bits per heavy atom. The molecule has 2 rings (SSSR count). The molecule has 1 aromatic carbocycles. The van der Waals surface area contributed by atoms with Gasteiger partial charge >= 0.3 is 0 Å². The first-order chi connectivity index (χ1) is 11.2. The fourth-order valence-electron chi connectivity index (χ4n) is 2.65. The predicted octanol–water partition coefficient (Wildman–Crippen LogP) is 1.99. The Morgan fingerprint density at radius 3 is 2.67 bits per heavy atom. The van der Waals surface area contributed by atoms with Crippen molar-refractivity contribution < 1.29 is 9.53 Å². The molecule has 1 saturated heterocycles. The molecule has 1 unspecified atom stereocenters. The highest BCUT2D eigenvalue weighted by atomic mass is 127. The van der Waals surface area contributed by atoms with Crippen molar-refractivity contribution in [3.63, 3.8) is 0 Å². The predicted molar refractivity (Wildman–Crippen MR) is 107 cm³/mol. The number of aliphatic imine (C=N–C) groups is 1. The highest BCUT2D eigenvalue weighted by molar-refractivity contribution is 14.0. The Kier molecular flexibility index (Phi) is 8.88. The summed E-state index contributed by atoms with van der Waals surface area (Å²) in [5, 5.41) is 6.69. The number of carbonyl (C=O) groups is 1. The fraction of sp³-hybridized carbons (Fsp3) is 0.529. The third kappa shape index (κ3) is 5.85. The van der Waals surface area contributed by atoms with Gasteiger partial charge in [0.15, 0.2) is 5.96 Å². The minimum Gasteiger partial charge on any atom is -0.497 e. The Labute approximate surface area is 161 Å². The van der Waals surface area contributed by atoms with Gasteiger partial charge in [0.25, 0.3) is 0 Å². The number of hydrogen-bond acceptors (Lipinski definition) is 3. The molecule has 1 aliphatic heterocycles. The van der Waals surface area contributed by atoms with Crippen LogP contribution in [0.15, 0.2) is 29.3 Å². The molecule has 1 atom stereocenters. The van der Waals surface area contributed by atoms with E-state index in [0.29, 0.717) is 13.0 Å². The van der Waals surface area contributed by atoms with Gasteiger partial charge in [0.1, 0.15) is 5.75 Å². The Morgan fingerprint density at radius 1 is 1.38 bits per heavy atom. The Hall–Kier alpha value is -1.51. The third-order valence-electron chi connectivity index (χ3n) is 4.03. The first kappa shape index (κ1) is 20.5. The minimum absolute atomic E-state index is 0. The van der Waals surface area contributed by atoms with Gasteiger partial charge in [0, 0.05) is 39.1 Å². The summed E-state index contributed by atoms with van der Waals surface area (Å²) in [6, 6.07) is 8.19.